The van der Waals surface area contributed by atoms with E-state index in [1.807, 2.05) is 12.1 Å². The standard InChI is InChI=1S/C16H16ClN/c17-14-8-10-15(11-9-14)18-12-4-7-16(18)13-5-2-1-3-6-13/h1-3,5-6,8-11,16H,4,7,12H2/t16-/m0/s1. The summed E-state index contributed by atoms with van der Waals surface area (Å²) >= 11 is 5.95. The molecule has 0 aliphatic carbocycles. The van der Waals surface area contributed by atoms with E-state index in [1.165, 1.54) is 24.1 Å². The van der Waals surface area contributed by atoms with Gasteiger partial charge >= 0.3 is 0 Å². The molecule has 2 aromatic rings. The summed E-state index contributed by atoms with van der Waals surface area (Å²) in [5.74, 6) is 0. The van der Waals surface area contributed by atoms with Crippen LogP contribution < -0.4 is 4.90 Å². The average molecular weight is 258 g/mol. The largest absolute Gasteiger partial charge is 0.364 e. The van der Waals surface area contributed by atoms with E-state index in [1.54, 1.807) is 0 Å². The second-order valence-corrected chi connectivity index (χ2v) is 5.17. The summed E-state index contributed by atoms with van der Waals surface area (Å²) < 4.78 is 0. The molecular formula is C16H16ClN. The molecule has 2 aromatic carbocycles. The molecule has 0 aromatic heterocycles. The van der Waals surface area contributed by atoms with Crippen LogP contribution in [0.1, 0.15) is 24.4 Å². The molecule has 2 heteroatoms. The fraction of sp³-hybridized carbons (Fsp3) is 0.250. The number of hydrogen-bond donors (Lipinski definition) is 0. The molecule has 0 bridgehead atoms. The zero-order valence-electron chi connectivity index (χ0n) is 10.2. The second-order valence-electron chi connectivity index (χ2n) is 4.74. The van der Waals surface area contributed by atoms with Gasteiger partial charge in [-0.25, -0.2) is 0 Å². The summed E-state index contributed by atoms with van der Waals surface area (Å²) in [5, 5.41) is 0.800. The molecule has 3 rings (SSSR count). The Labute approximate surface area is 113 Å². The summed E-state index contributed by atoms with van der Waals surface area (Å²) in [5.41, 5.74) is 2.68. The lowest BCUT2D eigenvalue weighted by Crippen LogP contribution is -2.22. The Morgan fingerprint density at radius 1 is 0.944 bits per heavy atom. The molecule has 1 fully saturated rings. The molecule has 0 radical (unpaired) electrons. The van der Waals surface area contributed by atoms with Crippen LogP contribution in [0.2, 0.25) is 5.02 Å². The predicted molar refractivity (Wildman–Crippen MR) is 77.2 cm³/mol. The minimum absolute atomic E-state index is 0.507. The molecule has 92 valence electrons. The van der Waals surface area contributed by atoms with Crippen LogP contribution >= 0.6 is 11.6 Å². The average Bonchev–Trinajstić information content (AvgIpc) is 2.90. The number of halogens is 1. The van der Waals surface area contributed by atoms with Crippen LogP contribution in [0, 0.1) is 0 Å². The Hall–Kier alpha value is -1.47. The van der Waals surface area contributed by atoms with Gasteiger partial charge in [0.1, 0.15) is 0 Å². The molecule has 0 N–H and O–H groups in total. The van der Waals surface area contributed by atoms with Crippen LogP contribution in [-0.2, 0) is 0 Å². The fourth-order valence-electron chi connectivity index (χ4n) is 2.73. The van der Waals surface area contributed by atoms with Crippen molar-refractivity contribution in [1.82, 2.24) is 0 Å². The van der Waals surface area contributed by atoms with Crippen LogP contribution in [-0.4, -0.2) is 6.54 Å². The van der Waals surface area contributed by atoms with Gasteiger partial charge in [-0.15, -0.1) is 0 Å². The third kappa shape index (κ3) is 2.23. The van der Waals surface area contributed by atoms with Crippen LogP contribution in [0.15, 0.2) is 54.6 Å². The van der Waals surface area contributed by atoms with Crippen molar-refractivity contribution in [3.63, 3.8) is 0 Å². The number of nitrogens with zero attached hydrogens (tertiary/aromatic N) is 1. The zero-order chi connectivity index (χ0) is 12.4. The van der Waals surface area contributed by atoms with Gasteiger partial charge in [0, 0.05) is 17.3 Å². The topological polar surface area (TPSA) is 3.24 Å². The van der Waals surface area contributed by atoms with Gasteiger partial charge < -0.3 is 4.90 Å². The van der Waals surface area contributed by atoms with Gasteiger partial charge in [0.05, 0.1) is 6.04 Å². The molecule has 0 amide bonds. The second kappa shape index (κ2) is 5.03. The minimum Gasteiger partial charge on any atom is -0.364 e. The molecule has 1 atom stereocenters. The van der Waals surface area contributed by atoms with Gasteiger partial charge in [-0.05, 0) is 42.7 Å². The Balaban J connectivity index is 1.90. The lowest BCUT2D eigenvalue weighted by molar-refractivity contribution is 0.719. The molecule has 18 heavy (non-hydrogen) atoms. The quantitative estimate of drug-likeness (QED) is 0.755. The maximum Gasteiger partial charge on any atom is 0.0543 e. The molecule has 1 heterocycles. The zero-order valence-corrected chi connectivity index (χ0v) is 11.0. The molecule has 0 unspecified atom stereocenters. The smallest absolute Gasteiger partial charge is 0.0543 e. The van der Waals surface area contributed by atoms with Gasteiger partial charge in [-0.3, -0.25) is 0 Å². The summed E-state index contributed by atoms with van der Waals surface area (Å²) in [6.45, 7) is 1.13. The third-order valence-corrected chi connectivity index (χ3v) is 3.85. The lowest BCUT2D eigenvalue weighted by atomic mass is 10.0. The summed E-state index contributed by atoms with van der Waals surface area (Å²) in [6.07, 6.45) is 2.48. The van der Waals surface area contributed by atoms with Gasteiger partial charge in [-0.2, -0.15) is 0 Å². The highest BCUT2D eigenvalue weighted by Crippen LogP contribution is 2.36. The Morgan fingerprint density at radius 3 is 2.39 bits per heavy atom. The van der Waals surface area contributed by atoms with Crippen molar-refractivity contribution in [2.45, 2.75) is 18.9 Å². The maximum absolute atomic E-state index is 5.95. The Bertz CT molecular complexity index is 506. The first-order valence-electron chi connectivity index (χ1n) is 6.42. The van der Waals surface area contributed by atoms with Crippen LogP contribution in [0.5, 0.6) is 0 Å². The molecule has 0 spiro atoms. The highest BCUT2D eigenvalue weighted by Gasteiger charge is 2.25. The molecule has 1 saturated heterocycles. The van der Waals surface area contributed by atoms with Crippen molar-refractivity contribution in [3.05, 3.63) is 65.2 Å². The van der Waals surface area contributed by atoms with E-state index in [2.05, 4.69) is 47.4 Å². The van der Waals surface area contributed by atoms with E-state index in [4.69, 9.17) is 11.6 Å². The van der Waals surface area contributed by atoms with Crippen molar-refractivity contribution in [3.8, 4) is 0 Å². The number of benzene rings is 2. The van der Waals surface area contributed by atoms with E-state index in [-0.39, 0.29) is 0 Å². The lowest BCUT2D eigenvalue weighted by Gasteiger charge is -2.27. The minimum atomic E-state index is 0.507. The van der Waals surface area contributed by atoms with E-state index in [0.717, 1.165) is 11.6 Å². The van der Waals surface area contributed by atoms with Crippen molar-refractivity contribution in [2.75, 3.05) is 11.4 Å². The van der Waals surface area contributed by atoms with Crippen LogP contribution in [0.4, 0.5) is 5.69 Å². The SMILES string of the molecule is Clc1ccc(N2CCC[C@H]2c2ccccc2)cc1. The molecule has 1 aliphatic rings. The summed E-state index contributed by atoms with van der Waals surface area (Å²) in [4.78, 5) is 2.48. The van der Waals surface area contributed by atoms with E-state index in [9.17, 15) is 0 Å². The van der Waals surface area contributed by atoms with Crippen LogP contribution in [0.3, 0.4) is 0 Å². The molecular weight excluding hydrogens is 242 g/mol. The first-order valence-corrected chi connectivity index (χ1v) is 6.79. The Morgan fingerprint density at radius 2 is 1.67 bits per heavy atom. The normalized spacial score (nSPS) is 19.2. The third-order valence-electron chi connectivity index (χ3n) is 3.60. The van der Waals surface area contributed by atoms with Crippen molar-refractivity contribution < 1.29 is 0 Å². The van der Waals surface area contributed by atoms with E-state index in [0.29, 0.717) is 6.04 Å². The van der Waals surface area contributed by atoms with E-state index < -0.39 is 0 Å². The summed E-state index contributed by atoms with van der Waals surface area (Å²) in [7, 11) is 0. The van der Waals surface area contributed by atoms with Gasteiger partial charge in [0.2, 0.25) is 0 Å². The summed E-state index contributed by atoms with van der Waals surface area (Å²) in [6, 6.07) is 19.4. The van der Waals surface area contributed by atoms with Crippen molar-refractivity contribution in [2.24, 2.45) is 0 Å². The molecule has 0 saturated carbocycles. The number of anilines is 1. The van der Waals surface area contributed by atoms with Gasteiger partial charge in [-0.1, -0.05) is 41.9 Å². The van der Waals surface area contributed by atoms with Gasteiger partial charge in [0.15, 0.2) is 0 Å². The molecule has 1 aliphatic heterocycles. The van der Waals surface area contributed by atoms with Crippen LogP contribution in [0.25, 0.3) is 0 Å². The first kappa shape index (κ1) is 11.6. The highest BCUT2D eigenvalue weighted by atomic mass is 35.5. The fourth-order valence-corrected chi connectivity index (χ4v) is 2.86. The Kier molecular flexibility index (Phi) is 3.24. The van der Waals surface area contributed by atoms with Crippen molar-refractivity contribution in [1.29, 1.82) is 0 Å². The van der Waals surface area contributed by atoms with Gasteiger partial charge in [0.25, 0.3) is 0 Å². The van der Waals surface area contributed by atoms with E-state index >= 15 is 0 Å². The monoisotopic (exact) mass is 257 g/mol. The highest BCUT2D eigenvalue weighted by molar-refractivity contribution is 6.30. The first-order chi connectivity index (χ1) is 8.84. The van der Waals surface area contributed by atoms with Crippen molar-refractivity contribution >= 4 is 17.3 Å². The molecule has 1 nitrogen and oxygen atoms in total. The predicted octanol–water partition coefficient (Wildman–Crippen LogP) is 4.68. The number of rotatable bonds is 2. The maximum atomic E-state index is 5.95. The number of hydrogen-bond acceptors (Lipinski definition) is 1.